The van der Waals surface area contributed by atoms with Crippen LogP contribution in [0.5, 0.6) is 0 Å². The van der Waals surface area contributed by atoms with E-state index >= 15 is 0 Å². The molecule has 1 N–H and O–H groups in total. The smallest absolute Gasteiger partial charge is 0.207 e. The predicted molar refractivity (Wildman–Crippen MR) is 70.9 cm³/mol. The Labute approximate surface area is 108 Å². The summed E-state index contributed by atoms with van der Waals surface area (Å²) in [5, 5.41) is 0. The lowest BCUT2D eigenvalue weighted by atomic mass is 10.0. The van der Waals surface area contributed by atoms with Crippen LogP contribution >= 0.6 is 11.6 Å². The SMILES string of the molecule is Cc1ccc(S(=O)(=O)NC(C)(C)CCCl)cc1. The highest BCUT2D eigenvalue weighted by atomic mass is 35.5. The second-order valence-electron chi connectivity index (χ2n) is 4.74. The van der Waals surface area contributed by atoms with Gasteiger partial charge >= 0.3 is 0 Å². The van der Waals surface area contributed by atoms with Crippen molar-refractivity contribution in [1.82, 2.24) is 4.72 Å². The van der Waals surface area contributed by atoms with Gasteiger partial charge in [-0.3, -0.25) is 0 Å². The van der Waals surface area contributed by atoms with Crippen molar-refractivity contribution in [3.63, 3.8) is 0 Å². The molecule has 0 spiro atoms. The summed E-state index contributed by atoms with van der Waals surface area (Å²) in [5.41, 5.74) is 0.495. The zero-order valence-corrected chi connectivity index (χ0v) is 11.9. The zero-order valence-electron chi connectivity index (χ0n) is 10.3. The fourth-order valence-electron chi connectivity index (χ4n) is 1.43. The van der Waals surface area contributed by atoms with Crippen LogP contribution in [0.25, 0.3) is 0 Å². The minimum atomic E-state index is -3.47. The van der Waals surface area contributed by atoms with Crippen molar-refractivity contribution in [3.05, 3.63) is 29.8 Å². The molecule has 1 aromatic carbocycles. The van der Waals surface area contributed by atoms with E-state index in [1.54, 1.807) is 24.3 Å². The molecule has 96 valence electrons. The molecule has 0 saturated heterocycles. The summed E-state index contributed by atoms with van der Waals surface area (Å²) < 4.78 is 26.8. The highest BCUT2D eigenvalue weighted by Gasteiger charge is 2.25. The van der Waals surface area contributed by atoms with Crippen LogP contribution in [0.15, 0.2) is 29.2 Å². The van der Waals surface area contributed by atoms with E-state index in [1.165, 1.54) is 0 Å². The number of rotatable bonds is 5. The van der Waals surface area contributed by atoms with Crippen LogP contribution in [-0.2, 0) is 10.0 Å². The highest BCUT2D eigenvalue weighted by molar-refractivity contribution is 7.89. The van der Waals surface area contributed by atoms with Crippen LogP contribution in [0, 0.1) is 6.92 Å². The standard InChI is InChI=1S/C12H18ClNO2S/c1-10-4-6-11(7-5-10)17(15,16)14-12(2,3)8-9-13/h4-7,14H,8-9H2,1-3H3. The summed E-state index contributed by atoms with van der Waals surface area (Å²) in [7, 11) is -3.47. The van der Waals surface area contributed by atoms with Crippen molar-refractivity contribution in [3.8, 4) is 0 Å². The zero-order chi connectivity index (χ0) is 13.1. The van der Waals surface area contributed by atoms with Gasteiger partial charge in [0.2, 0.25) is 10.0 Å². The molecule has 0 bridgehead atoms. The third kappa shape index (κ3) is 4.30. The maximum atomic E-state index is 12.1. The van der Waals surface area contributed by atoms with Gasteiger partial charge in [0, 0.05) is 11.4 Å². The maximum Gasteiger partial charge on any atom is 0.241 e. The van der Waals surface area contributed by atoms with Gasteiger partial charge in [-0.2, -0.15) is 0 Å². The van der Waals surface area contributed by atoms with E-state index in [0.717, 1.165) is 5.56 Å². The quantitative estimate of drug-likeness (QED) is 0.840. The first-order valence-corrected chi connectivity index (χ1v) is 7.45. The van der Waals surface area contributed by atoms with Crippen LogP contribution in [0.3, 0.4) is 0 Å². The molecule has 0 heterocycles. The summed E-state index contributed by atoms with van der Waals surface area (Å²) >= 11 is 5.65. The molecule has 0 unspecified atom stereocenters. The normalized spacial score (nSPS) is 12.7. The van der Waals surface area contributed by atoms with Crippen LogP contribution in [-0.4, -0.2) is 19.8 Å². The Morgan fingerprint density at radius 1 is 1.24 bits per heavy atom. The van der Waals surface area contributed by atoms with Crippen LogP contribution < -0.4 is 4.72 Å². The summed E-state index contributed by atoms with van der Waals surface area (Å²) in [4.78, 5) is 0.283. The van der Waals surface area contributed by atoms with Gasteiger partial charge in [0.05, 0.1) is 4.90 Å². The molecule has 0 aliphatic carbocycles. The lowest BCUT2D eigenvalue weighted by molar-refractivity contribution is 0.441. The number of nitrogens with one attached hydrogen (secondary N) is 1. The number of halogens is 1. The fraction of sp³-hybridized carbons (Fsp3) is 0.500. The van der Waals surface area contributed by atoms with E-state index in [2.05, 4.69) is 4.72 Å². The van der Waals surface area contributed by atoms with Gasteiger partial charge < -0.3 is 0 Å². The number of alkyl halides is 1. The minimum absolute atomic E-state index is 0.283. The lowest BCUT2D eigenvalue weighted by Gasteiger charge is -2.24. The van der Waals surface area contributed by atoms with Crippen molar-refractivity contribution in [2.75, 3.05) is 5.88 Å². The van der Waals surface area contributed by atoms with E-state index in [9.17, 15) is 8.42 Å². The third-order valence-electron chi connectivity index (χ3n) is 2.46. The number of sulfonamides is 1. The largest absolute Gasteiger partial charge is 0.241 e. The average molecular weight is 276 g/mol. The van der Waals surface area contributed by atoms with E-state index in [4.69, 9.17) is 11.6 Å². The summed E-state index contributed by atoms with van der Waals surface area (Å²) in [5.74, 6) is 0.420. The van der Waals surface area contributed by atoms with Gasteiger partial charge in [-0.25, -0.2) is 13.1 Å². The number of aryl methyl sites for hydroxylation is 1. The summed E-state index contributed by atoms with van der Waals surface area (Å²) in [6.45, 7) is 5.56. The van der Waals surface area contributed by atoms with Gasteiger partial charge in [0.15, 0.2) is 0 Å². The number of benzene rings is 1. The maximum absolute atomic E-state index is 12.1. The van der Waals surface area contributed by atoms with Gasteiger partial charge in [-0.05, 0) is 39.3 Å². The van der Waals surface area contributed by atoms with Gasteiger partial charge in [-0.1, -0.05) is 17.7 Å². The van der Waals surface area contributed by atoms with E-state index < -0.39 is 15.6 Å². The van der Waals surface area contributed by atoms with E-state index in [1.807, 2.05) is 20.8 Å². The van der Waals surface area contributed by atoms with Crippen molar-refractivity contribution >= 4 is 21.6 Å². The lowest BCUT2D eigenvalue weighted by Crippen LogP contribution is -2.43. The highest BCUT2D eigenvalue weighted by Crippen LogP contribution is 2.16. The monoisotopic (exact) mass is 275 g/mol. The Kier molecular flexibility index (Phi) is 4.58. The third-order valence-corrected chi connectivity index (χ3v) is 4.36. The molecule has 0 fully saturated rings. The van der Waals surface area contributed by atoms with E-state index in [0.29, 0.717) is 12.3 Å². The Morgan fingerprint density at radius 2 is 1.76 bits per heavy atom. The van der Waals surface area contributed by atoms with Gasteiger partial charge in [0.25, 0.3) is 0 Å². The van der Waals surface area contributed by atoms with Crippen LogP contribution in [0.4, 0.5) is 0 Å². The first-order chi connectivity index (χ1) is 7.77. The van der Waals surface area contributed by atoms with Crippen molar-refractivity contribution in [1.29, 1.82) is 0 Å². The van der Waals surface area contributed by atoms with Crippen molar-refractivity contribution < 1.29 is 8.42 Å². The second-order valence-corrected chi connectivity index (χ2v) is 6.80. The molecule has 0 aromatic heterocycles. The summed E-state index contributed by atoms with van der Waals surface area (Å²) in [6.07, 6.45) is 0.583. The Hall–Kier alpha value is -0.580. The predicted octanol–water partition coefficient (Wildman–Crippen LogP) is 2.68. The molecule has 0 amide bonds. The molecule has 0 radical (unpaired) electrons. The summed E-state index contributed by atoms with van der Waals surface area (Å²) in [6, 6.07) is 6.77. The molecule has 0 aliphatic heterocycles. The molecule has 1 aromatic rings. The van der Waals surface area contributed by atoms with Crippen LogP contribution in [0.2, 0.25) is 0 Å². The number of hydrogen-bond acceptors (Lipinski definition) is 2. The van der Waals surface area contributed by atoms with Crippen molar-refractivity contribution in [2.45, 2.75) is 37.6 Å². The molecule has 3 nitrogen and oxygen atoms in total. The Balaban J connectivity index is 2.93. The first-order valence-electron chi connectivity index (χ1n) is 5.43. The molecule has 5 heteroatoms. The minimum Gasteiger partial charge on any atom is -0.207 e. The van der Waals surface area contributed by atoms with Crippen molar-refractivity contribution in [2.24, 2.45) is 0 Å². The fourth-order valence-corrected chi connectivity index (χ4v) is 3.34. The molecule has 1 rings (SSSR count). The van der Waals surface area contributed by atoms with E-state index in [-0.39, 0.29) is 4.90 Å². The Bertz CT molecular complexity index is 466. The average Bonchev–Trinajstić information content (AvgIpc) is 2.16. The van der Waals surface area contributed by atoms with Gasteiger partial charge in [-0.15, -0.1) is 11.6 Å². The number of hydrogen-bond donors (Lipinski definition) is 1. The molecular weight excluding hydrogens is 258 g/mol. The first kappa shape index (κ1) is 14.5. The topological polar surface area (TPSA) is 46.2 Å². The second kappa shape index (κ2) is 5.38. The van der Waals surface area contributed by atoms with Gasteiger partial charge in [0.1, 0.15) is 0 Å². The molecule has 17 heavy (non-hydrogen) atoms. The molecule has 0 saturated carbocycles. The Morgan fingerprint density at radius 3 is 2.24 bits per heavy atom. The molecule has 0 atom stereocenters. The molecular formula is C12H18ClNO2S. The van der Waals surface area contributed by atoms with Crippen LogP contribution in [0.1, 0.15) is 25.8 Å². The molecule has 0 aliphatic rings.